The molecule has 1 heterocycles. The predicted molar refractivity (Wildman–Crippen MR) is 136 cm³/mol. The summed E-state index contributed by atoms with van der Waals surface area (Å²) in [7, 11) is 3.26. The van der Waals surface area contributed by atoms with Crippen LogP contribution in [-0.4, -0.2) is 57.5 Å². The number of esters is 1. The van der Waals surface area contributed by atoms with Gasteiger partial charge in [0.15, 0.2) is 12.4 Å². The van der Waals surface area contributed by atoms with Gasteiger partial charge >= 0.3 is 5.97 Å². The molecular formula is C29H36O8. The summed E-state index contributed by atoms with van der Waals surface area (Å²) in [5.74, 6) is 1.14. The van der Waals surface area contributed by atoms with Crippen LogP contribution in [0.15, 0.2) is 60.7 Å². The summed E-state index contributed by atoms with van der Waals surface area (Å²) in [4.78, 5) is 12.1. The van der Waals surface area contributed by atoms with Crippen molar-refractivity contribution >= 4 is 5.97 Å². The van der Waals surface area contributed by atoms with Crippen LogP contribution >= 0.6 is 0 Å². The highest BCUT2D eigenvalue weighted by atomic mass is 16.7. The summed E-state index contributed by atoms with van der Waals surface area (Å²) in [6.45, 7) is 2.70. The average molecular weight is 513 g/mol. The second-order valence-electron chi connectivity index (χ2n) is 9.10. The van der Waals surface area contributed by atoms with Gasteiger partial charge in [0.1, 0.15) is 29.8 Å². The lowest BCUT2D eigenvalue weighted by Gasteiger charge is -2.39. The fourth-order valence-electron chi connectivity index (χ4n) is 4.42. The van der Waals surface area contributed by atoms with Crippen LogP contribution in [0.1, 0.15) is 37.3 Å². The van der Waals surface area contributed by atoms with Crippen molar-refractivity contribution in [2.75, 3.05) is 20.8 Å². The maximum atomic E-state index is 12.1. The van der Waals surface area contributed by atoms with E-state index in [2.05, 4.69) is 0 Å². The zero-order valence-electron chi connectivity index (χ0n) is 21.7. The number of hydrogen-bond acceptors (Lipinski definition) is 8. The van der Waals surface area contributed by atoms with Gasteiger partial charge < -0.3 is 33.2 Å². The first-order chi connectivity index (χ1) is 18.1. The molecule has 8 nitrogen and oxygen atoms in total. The van der Waals surface area contributed by atoms with Gasteiger partial charge in [0, 0.05) is 13.5 Å². The van der Waals surface area contributed by atoms with Crippen molar-refractivity contribution in [2.24, 2.45) is 0 Å². The first-order valence-electron chi connectivity index (χ1n) is 12.7. The summed E-state index contributed by atoms with van der Waals surface area (Å²) in [6, 6.07) is 15.3. The molecule has 1 aliphatic carbocycles. The molecule has 1 fully saturated rings. The Hall–Kier alpha value is -2.91. The predicted octanol–water partition coefficient (Wildman–Crippen LogP) is 4.59. The summed E-state index contributed by atoms with van der Waals surface area (Å²) in [6.07, 6.45) is 4.03. The minimum Gasteiger partial charge on any atom is -0.497 e. The molecule has 0 amide bonds. The number of carbonyl (C=O) groups is 1. The highest BCUT2D eigenvalue weighted by molar-refractivity contribution is 5.66. The number of benzene rings is 2. The molecule has 2 aromatic rings. The van der Waals surface area contributed by atoms with Crippen LogP contribution in [0.5, 0.6) is 11.5 Å². The minimum atomic E-state index is -0.702. The highest BCUT2D eigenvalue weighted by Gasteiger charge is 2.42. The molecule has 1 unspecified atom stereocenters. The van der Waals surface area contributed by atoms with E-state index in [0.29, 0.717) is 19.8 Å². The van der Waals surface area contributed by atoms with Gasteiger partial charge in [0.05, 0.1) is 27.4 Å². The van der Waals surface area contributed by atoms with E-state index >= 15 is 0 Å². The fourth-order valence-corrected chi connectivity index (χ4v) is 4.42. The summed E-state index contributed by atoms with van der Waals surface area (Å²) in [5.41, 5.74) is 1.94. The molecule has 200 valence electrons. The van der Waals surface area contributed by atoms with Crippen LogP contribution < -0.4 is 9.47 Å². The van der Waals surface area contributed by atoms with Crippen LogP contribution in [0, 0.1) is 0 Å². The Balaban J connectivity index is 1.52. The number of rotatable bonds is 11. The Labute approximate surface area is 218 Å². The maximum Gasteiger partial charge on any atom is 0.303 e. The highest BCUT2D eigenvalue weighted by Crippen LogP contribution is 2.29. The van der Waals surface area contributed by atoms with E-state index in [9.17, 15) is 4.79 Å². The molecule has 4 rings (SSSR count). The van der Waals surface area contributed by atoms with Gasteiger partial charge in [-0.25, -0.2) is 0 Å². The number of carbonyl (C=O) groups excluding carboxylic acids is 1. The van der Waals surface area contributed by atoms with E-state index in [-0.39, 0.29) is 6.29 Å². The van der Waals surface area contributed by atoms with Crippen LogP contribution in [0.2, 0.25) is 0 Å². The van der Waals surface area contributed by atoms with Gasteiger partial charge in [0.2, 0.25) is 0 Å². The Morgan fingerprint density at radius 1 is 0.811 bits per heavy atom. The third-order valence-corrected chi connectivity index (χ3v) is 6.41. The van der Waals surface area contributed by atoms with Crippen molar-refractivity contribution in [3.05, 3.63) is 71.8 Å². The molecule has 37 heavy (non-hydrogen) atoms. The average Bonchev–Trinajstić information content (AvgIpc) is 2.93. The lowest BCUT2D eigenvalue weighted by molar-refractivity contribution is -0.228. The SMILES string of the molecule is COc1ccc(CO[C@H]2[C@H](OC(C)=O)[C@@H](OC3CCCCO3)C=C[C@@H]2OCc2ccc(OC)cc2)cc1. The first-order valence-corrected chi connectivity index (χ1v) is 12.7. The van der Waals surface area contributed by atoms with E-state index in [1.54, 1.807) is 14.2 Å². The van der Waals surface area contributed by atoms with Crippen molar-refractivity contribution in [3.63, 3.8) is 0 Å². The van der Waals surface area contributed by atoms with Crippen molar-refractivity contribution in [2.45, 2.75) is 70.1 Å². The molecule has 0 radical (unpaired) electrons. The largest absolute Gasteiger partial charge is 0.497 e. The quantitative estimate of drug-likeness (QED) is 0.320. The minimum absolute atomic E-state index is 0.301. The molecule has 0 aromatic heterocycles. The molecule has 5 atom stereocenters. The van der Waals surface area contributed by atoms with Crippen molar-refractivity contribution in [3.8, 4) is 11.5 Å². The molecule has 0 N–H and O–H groups in total. The Kier molecular flexibility index (Phi) is 9.96. The molecular weight excluding hydrogens is 476 g/mol. The molecule has 2 aromatic carbocycles. The third kappa shape index (κ3) is 7.79. The lowest BCUT2D eigenvalue weighted by atomic mass is 9.95. The van der Waals surface area contributed by atoms with Crippen LogP contribution in [-0.2, 0) is 41.7 Å². The monoisotopic (exact) mass is 512 g/mol. The van der Waals surface area contributed by atoms with Gasteiger partial charge in [-0.1, -0.05) is 36.4 Å². The van der Waals surface area contributed by atoms with E-state index in [1.807, 2.05) is 60.7 Å². The van der Waals surface area contributed by atoms with Crippen LogP contribution in [0.3, 0.4) is 0 Å². The number of methoxy groups -OCH3 is 2. The molecule has 2 aliphatic rings. The first kappa shape index (κ1) is 27.1. The van der Waals surface area contributed by atoms with Gasteiger partial charge in [0.25, 0.3) is 0 Å². The number of hydrogen-bond donors (Lipinski definition) is 0. The third-order valence-electron chi connectivity index (χ3n) is 6.41. The van der Waals surface area contributed by atoms with Gasteiger partial charge in [-0.3, -0.25) is 4.79 Å². The fraction of sp³-hybridized carbons (Fsp3) is 0.483. The standard InChI is InChI=1S/C29H36O8/c1-20(30)36-29-26(37-27-6-4-5-17-33-27)16-15-25(34-18-21-7-11-23(31-2)12-8-21)28(29)35-19-22-9-13-24(32-3)14-10-22/h7-16,25-29H,4-6,17-19H2,1-3H3/t25-,26-,27?,28+,29+/m0/s1. The normalized spacial score (nSPS) is 25.4. The van der Waals surface area contributed by atoms with Gasteiger partial charge in [-0.05, 0) is 54.7 Å². The van der Waals surface area contributed by atoms with E-state index in [1.165, 1.54) is 6.92 Å². The summed E-state index contributed by atoms with van der Waals surface area (Å²) >= 11 is 0. The molecule has 0 bridgehead atoms. The van der Waals surface area contributed by atoms with Gasteiger partial charge in [-0.2, -0.15) is 0 Å². The Morgan fingerprint density at radius 3 is 1.95 bits per heavy atom. The van der Waals surface area contributed by atoms with E-state index < -0.39 is 30.4 Å². The van der Waals surface area contributed by atoms with E-state index in [0.717, 1.165) is 41.9 Å². The van der Waals surface area contributed by atoms with Crippen molar-refractivity contribution in [1.29, 1.82) is 0 Å². The summed E-state index contributed by atoms with van der Waals surface area (Å²) in [5, 5.41) is 0. The smallest absolute Gasteiger partial charge is 0.303 e. The van der Waals surface area contributed by atoms with Crippen molar-refractivity contribution in [1.82, 2.24) is 0 Å². The molecule has 1 saturated heterocycles. The second kappa shape index (κ2) is 13.6. The number of ether oxygens (including phenoxy) is 7. The van der Waals surface area contributed by atoms with Gasteiger partial charge in [-0.15, -0.1) is 0 Å². The molecule has 8 heteroatoms. The topological polar surface area (TPSA) is 81.7 Å². The maximum absolute atomic E-state index is 12.1. The summed E-state index contributed by atoms with van der Waals surface area (Å²) < 4.78 is 41.0. The van der Waals surface area contributed by atoms with Crippen LogP contribution in [0.25, 0.3) is 0 Å². The van der Waals surface area contributed by atoms with Crippen LogP contribution in [0.4, 0.5) is 0 Å². The molecule has 0 spiro atoms. The Morgan fingerprint density at radius 2 is 1.41 bits per heavy atom. The molecule has 1 aliphatic heterocycles. The Bertz CT molecular complexity index is 998. The second-order valence-corrected chi connectivity index (χ2v) is 9.10. The zero-order chi connectivity index (χ0) is 26.0. The molecule has 0 saturated carbocycles. The van der Waals surface area contributed by atoms with E-state index in [4.69, 9.17) is 33.2 Å². The van der Waals surface area contributed by atoms with Crippen molar-refractivity contribution < 1.29 is 38.0 Å². The zero-order valence-corrected chi connectivity index (χ0v) is 21.7. The lowest BCUT2D eigenvalue weighted by Crippen LogP contribution is -2.52.